The molecule has 27 heavy (non-hydrogen) atoms. The fraction of sp³-hybridized carbons (Fsp3) is 0.412. The Bertz CT molecular complexity index is 989. The van der Waals surface area contributed by atoms with E-state index in [1.165, 1.54) is 16.9 Å². The molecule has 0 bridgehead atoms. The van der Waals surface area contributed by atoms with Gasteiger partial charge >= 0.3 is 0 Å². The number of nitrogens with zero attached hydrogens (tertiary/aromatic N) is 6. The van der Waals surface area contributed by atoms with Gasteiger partial charge in [-0.1, -0.05) is 11.6 Å². The largest absolute Gasteiger partial charge is 0.380 e. The molecule has 10 heteroatoms. The predicted molar refractivity (Wildman–Crippen MR) is 96.7 cm³/mol. The molecule has 7 nitrogen and oxygen atoms in total. The number of anilines is 1. The zero-order valence-corrected chi connectivity index (χ0v) is 15.5. The second kappa shape index (κ2) is 6.65. The molecular weight excluding hydrogens is 378 g/mol. The van der Waals surface area contributed by atoms with E-state index in [0.29, 0.717) is 17.9 Å². The SMILES string of the molecule is COC1CCN(c2nn(-c3nccc(C(C)(F)F)n3)c3cc(Cl)ncc23)C1. The van der Waals surface area contributed by atoms with Crippen molar-refractivity contribution in [1.82, 2.24) is 24.7 Å². The Morgan fingerprint density at radius 3 is 2.85 bits per heavy atom. The first kappa shape index (κ1) is 18.0. The highest BCUT2D eigenvalue weighted by atomic mass is 35.5. The third-order valence-electron chi connectivity index (χ3n) is 4.57. The van der Waals surface area contributed by atoms with E-state index >= 15 is 0 Å². The van der Waals surface area contributed by atoms with Crippen LogP contribution in [0.3, 0.4) is 0 Å². The van der Waals surface area contributed by atoms with Crippen molar-refractivity contribution < 1.29 is 13.5 Å². The van der Waals surface area contributed by atoms with Crippen LogP contribution in [0, 0.1) is 0 Å². The zero-order chi connectivity index (χ0) is 19.2. The van der Waals surface area contributed by atoms with Gasteiger partial charge in [-0.15, -0.1) is 5.10 Å². The highest BCUT2D eigenvalue weighted by molar-refractivity contribution is 6.30. The lowest BCUT2D eigenvalue weighted by atomic mass is 10.2. The van der Waals surface area contributed by atoms with Crippen molar-refractivity contribution in [2.45, 2.75) is 25.4 Å². The molecule has 142 valence electrons. The van der Waals surface area contributed by atoms with Crippen LogP contribution in [0.1, 0.15) is 19.0 Å². The normalized spacial score (nSPS) is 17.8. The monoisotopic (exact) mass is 394 g/mol. The minimum Gasteiger partial charge on any atom is -0.380 e. The molecule has 0 saturated carbocycles. The number of aromatic nitrogens is 5. The average molecular weight is 395 g/mol. The van der Waals surface area contributed by atoms with E-state index < -0.39 is 5.92 Å². The molecule has 1 aliphatic rings. The van der Waals surface area contributed by atoms with E-state index in [0.717, 1.165) is 25.3 Å². The number of fused-ring (bicyclic) bond motifs is 1. The lowest BCUT2D eigenvalue weighted by Gasteiger charge is -2.15. The van der Waals surface area contributed by atoms with Gasteiger partial charge in [0.05, 0.1) is 17.0 Å². The molecule has 0 aromatic carbocycles. The molecule has 0 amide bonds. The summed E-state index contributed by atoms with van der Waals surface area (Å²) in [6.45, 7) is 2.24. The van der Waals surface area contributed by atoms with Crippen molar-refractivity contribution in [1.29, 1.82) is 0 Å². The Morgan fingerprint density at radius 1 is 1.33 bits per heavy atom. The highest BCUT2D eigenvalue weighted by Crippen LogP contribution is 2.32. The summed E-state index contributed by atoms with van der Waals surface area (Å²) in [5.74, 6) is -2.36. The lowest BCUT2D eigenvalue weighted by molar-refractivity contribution is 0.0126. The fourth-order valence-corrected chi connectivity index (χ4v) is 3.32. The Balaban J connectivity index is 1.85. The van der Waals surface area contributed by atoms with E-state index in [1.54, 1.807) is 19.4 Å². The van der Waals surface area contributed by atoms with Crippen LogP contribution in [-0.4, -0.2) is 51.0 Å². The summed E-state index contributed by atoms with van der Waals surface area (Å²) in [5, 5.41) is 5.60. The maximum Gasteiger partial charge on any atom is 0.287 e. The first-order valence-corrected chi connectivity index (χ1v) is 8.78. The smallest absolute Gasteiger partial charge is 0.287 e. The number of ether oxygens (including phenoxy) is 1. The van der Waals surface area contributed by atoms with Crippen LogP contribution >= 0.6 is 11.6 Å². The van der Waals surface area contributed by atoms with Crippen LogP contribution in [0.25, 0.3) is 16.9 Å². The summed E-state index contributed by atoms with van der Waals surface area (Å²) >= 11 is 6.05. The number of halogens is 3. The maximum atomic E-state index is 13.7. The van der Waals surface area contributed by atoms with Crippen LogP contribution in [-0.2, 0) is 10.7 Å². The van der Waals surface area contributed by atoms with Crippen molar-refractivity contribution in [3.05, 3.63) is 35.4 Å². The van der Waals surface area contributed by atoms with Crippen molar-refractivity contribution in [2.24, 2.45) is 0 Å². The Hall–Kier alpha value is -2.39. The van der Waals surface area contributed by atoms with Gasteiger partial charge < -0.3 is 9.64 Å². The molecule has 4 rings (SSSR count). The summed E-state index contributed by atoms with van der Waals surface area (Å²) < 4.78 is 34.2. The summed E-state index contributed by atoms with van der Waals surface area (Å²) in [7, 11) is 1.68. The minimum absolute atomic E-state index is 0.0510. The second-order valence-corrected chi connectivity index (χ2v) is 6.87. The first-order chi connectivity index (χ1) is 12.9. The predicted octanol–water partition coefficient (Wildman–Crippen LogP) is 3.20. The van der Waals surface area contributed by atoms with E-state index in [4.69, 9.17) is 16.3 Å². The van der Waals surface area contributed by atoms with Gasteiger partial charge in [0.25, 0.3) is 11.9 Å². The summed E-state index contributed by atoms with van der Waals surface area (Å²) in [6.07, 6.45) is 3.90. The summed E-state index contributed by atoms with van der Waals surface area (Å²) in [5.41, 5.74) is 0.223. The van der Waals surface area contributed by atoms with Gasteiger partial charge in [-0.3, -0.25) is 0 Å². The number of hydrogen-bond acceptors (Lipinski definition) is 6. The van der Waals surface area contributed by atoms with Gasteiger partial charge in [0.15, 0.2) is 5.82 Å². The van der Waals surface area contributed by atoms with Gasteiger partial charge in [0.2, 0.25) is 0 Å². The molecule has 1 aliphatic heterocycles. The number of methoxy groups -OCH3 is 1. The van der Waals surface area contributed by atoms with E-state index in [9.17, 15) is 8.78 Å². The molecule has 1 atom stereocenters. The Labute approximate surface area is 158 Å². The molecule has 0 aliphatic carbocycles. The molecule has 0 spiro atoms. The van der Waals surface area contributed by atoms with Crippen LogP contribution in [0.4, 0.5) is 14.6 Å². The molecule has 3 aromatic heterocycles. The van der Waals surface area contributed by atoms with Gasteiger partial charge in [-0.05, 0) is 12.5 Å². The van der Waals surface area contributed by atoms with Gasteiger partial charge in [0.1, 0.15) is 10.8 Å². The number of hydrogen-bond donors (Lipinski definition) is 0. The van der Waals surface area contributed by atoms with Gasteiger partial charge in [-0.2, -0.15) is 13.5 Å². The molecular formula is C17H17ClF2N6O. The third-order valence-corrected chi connectivity index (χ3v) is 4.78. The minimum atomic E-state index is -3.08. The van der Waals surface area contributed by atoms with E-state index in [1.807, 2.05) is 0 Å². The van der Waals surface area contributed by atoms with E-state index in [-0.39, 0.29) is 22.9 Å². The van der Waals surface area contributed by atoms with E-state index in [2.05, 4.69) is 25.0 Å². The Morgan fingerprint density at radius 2 is 2.15 bits per heavy atom. The average Bonchev–Trinajstić information content (AvgIpc) is 3.25. The van der Waals surface area contributed by atoms with Gasteiger partial charge in [-0.25, -0.2) is 15.0 Å². The first-order valence-electron chi connectivity index (χ1n) is 8.40. The second-order valence-electron chi connectivity index (χ2n) is 6.48. The molecule has 1 saturated heterocycles. The number of alkyl halides is 2. The fourth-order valence-electron chi connectivity index (χ4n) is 3.16. The summed E-state index contributed by atoms with van der Waals surface area (Å²) in [6, 6.07) is 2.81. The quantitative estimate of drug-likeness (QED) is 0.633. The lowest BCUT2D eigenvalue weighted by Crippen LogP contribution is -2.23. The number of pyridine rings is 1. The van der Waals surface area contributed by atoms with Crippen LogP contribution < -0.4 is 4.90 Å². The highest BCUT2D eigenvalue weighted by Gasteiger charge is 2.29. The van der Waals surface area contributed by atoms with Crippen LogP contribution in [0.2, 0.25) is 5.15 Å². The van der Waals surface area contributed by atoms with Crippen molar-refractivity contribution in [3.8, 4) is 5.95 Å². The standard InChI is InChI=1S/C17H17ClF2N6O/c1-17(19,20)13-3-5-21-16(23-13)26-12-7-14(18)22-8-11(12)15(24-26)25-6-4-10(9-25)27-2/h3,5,7-8,10H,4,6,9H2,1-2H3. The van der Waals surface area contributed by atoms with Crippen molar-refractivity contribution >= 4 is 28.3 Å². The summed E-state index contributed by atoms with van der Waals surface area (Å²) in [4.78, 5) is 14.3. The molecule has 3 aromatic rings. The molecule has 0 N–H and O–H groups in total. The third kappa shape index (κ3) is 3.32. The topological polar surface area (TPSA) is 69.0 Å². The van der Waals surface area contributed by atoms with Crippen molar-refractivity contribution in [3.63, 3.8) is 0 Å². The van der Waals surface area contributed by atoms with Gasteiger partial charge in [0, 0.05) is 45.6 Å². The number of rotatable bonds is 4. The molecule has 1 unspecified atom stereocenters. The molecule has 0 radical (unpaired) electrons. The Kier molecular flexibility index (Phi) is 4.43. The molecule has 1 fully saturated rings. The zero-order valence-electron chi connectivity index (χ0n) is 14.7. The van der Waals surface area contributed by atoms with Crippen LogP contribution in [0.5, 0.6) is 0 Å². The maximum absolute atomic E-state index is 13.7. The van der Waals surface area contributed by atoms with Crippen molar-refractivity contribution in [2.75, 3.05) is 25.1 Å². The van der Waals surface area contributed by atoms with Crippen LogP contribution in [0.15, 0.2) is 24.5 Å². The molecule has 4 heterocycles.